The number of nitrogens with zero attached hydrogens (tertiary/aromatic N) is 3. The van der Waals surface area contributed by atoms with Gasteiger partial charge in [-0.15, -0.1) is 0 Å². The van der Waals surface area contributed by atoms with Crippen molar-refractivity contribution in [3.63, 3.8) is 0 Å². The van der Waals surface area contributed by atoms with Crippen molar-refractivity contribution in [2.24, 2.45) is 7.05 Å². The van der Waals surface area contributed by atoms with E-state index in [0.717, 1.165) is 5.56 Å². The van der Waals surface area contributed by atoms with Crippen molar-refractivity contribution in [2.75, 3.05) is 5.32 Å². The first kappa shape index (κ1) is 14.3. The molecule has 0 atom stereocenters. The maximum atomic E-state index is 12.2. The molecule has 0 aliphatic rings. The Morgan fingerprint density at radius 3 is 2.82 bits per heavy atom. The van der Waals surface area contributed by atoms with Crippen LogP contribution in [0.3, 0.4) is 0 Å². The number of hydrogen-bond donors (Lipinski definition) is 1. The summed E-state index contributed by atoms with van der Waals surface area (Å²) in [7, 11) is 1.83. The summed E-state index contributed by atoms with van der Waals surface area (Å²) in [6, 6.07) is 12.8. The number of carbonyl (C=O) groups is 1. The molecule has 0 aliphatic heterocycles. The van der Waals surface area contributed by atoms with Crippen LogP contribution in [0.2, 0.25) is 5.28 Å². The first-order valence-electron chi connectivity index (χ1n) is 6.65. The lowest BCUT2D eigenvalue weighted by Crippen LogP contribution is -2.15. The van der Waals surface area contributed by atoms with Gasteiger partial charge in [0, 0.05) is 30.7 Å². The van der Waals surface area contributed by atoms with E-state index in [-0.39, 0.29) is 11.2 Å². The summed E-state index contributed by atoms with van der Waals surface area (Å²) in [4.78, 5) is 20.2. The highest BCUT2D eigenvalue weighted by Crippen LogP contribution is 2.21. The second-order valence-corrected chi connectivity index (χ2v) is 5.09. The summed E-state index contributed by atoms with van der Waals surface area (Å²) in [5.74, 6) is -0.162. The molecule has 2 heterocycles. The highest BCUT2D eigenvalue weighted by atomic mass is 35.5. The number of carbonyl (C=O) groups excluding carboxylic acids is 1. The summed E-state index contributed by atoms with van der Waals surface area (Å²) in [5.41, 5.74) is 2.85. The third kappa shape index (κ3) is 2.99. The van der Waals surface area contributed by atoms with Crippen LogP contribution < -0.4 is 5.32 Å². The lowest BCUT2D eigenvalue weighted by atomic mass is 10.1. The number of anilines is 1. The average molecular weight is 313 g/mol. The fraction of sp³-hybridized carbons (Fsp3) is 0.0625. The zero-order valence-corrected chi connectivity index (χ0v) is 12.6. The fourth-order valence-corrected chi connectivity index (χ4v) is 2.29. The predicted molar refractivity (Wildman–Crippen MR) is 85.8 cm³/mol. The van der Waals surface area contributed by atoms with Crippen molar-refractivity contribution in [3.05, 3.63) is 65.8 Å². The topological polar surface area (TPSA) is 59.8 Å². The minimum atomic E-state index is -0.162. The molecule has 110 valence electrons. The van der Waals surface area contributed by atoms with Gasteiger partial charge in [-0.25, -0.2) is 9.97 Å². The van der Waals surface area contributed by atoms with E-state index in [2.05, 4.69) is 15.3 Å². The smallest absolute Gasteiger partial charge is 0.272 e. The second kappa shape index (κ2) is 5.99. The molecule has 1 aromatic carbocycles. The number of nitrogens with one attached hydrogen (secondary N) is 1. The number of amides is 1. The number of hydrogen-bond acceptors (Lipinski definition) is 3. The molecular formula is C16H13ClN4O. The SMILES string of the molecule is Cn1cccc1C(=O)Nc1cccc(-c2ccnc(Cl)n2)c1. The normalized spacial score (nSPS) is 10.5. The van der Waals surface area contributed by atoms with E-state index in [1.54, 1.807) is 22.9 Å². The Hall–Kier alpha value is -2.66. The van der Waals surface area contributed by atoms with Crippen LogP contribution in [-0.2, 0) is 7.05 Å². The van der Waals surface area contributed by atoms with Gasteiger partial charge in [0.2, 0.25) is 5.28 Å². The van der Waals surface area contributed by atoms with E-state index in [4.69, 9.17) is 11.6 Å². The minimum absolute atomic E-state index is 0.162. The first-order chi connectivity index (χ1) is 10.6. The van der Waals surface area contributed by atoms with Crippen LogP contribution >= 0.6 is 11.6 Å². The van der Waals surface area contributed by atoms with Crippen LogP contribution in [0, 0.1) is 0 Å². The zero-order valence-electron chi connectivity index (χ0n) is 11.8. The molecule has 2 aromatic heterocycles. The average Bonchev–Trinajstić information content (AvgIpc) is 2.94. The Morgan fingerprint density at radius 2 is 2.09 bits per heavy atom. The number of aryl methyl sites for hydroxylation is 1. The molecule has 0 fully saturated rings. The number of aromatic nitrogens is 3. The van der Waals surface area contributed by atoms with E-state index in [1.807, 2.05) is 43.6 Å². The lowest BCUT2D eigenvalue weighted by molar-refractivity contribution is 0.101. The summed E-state index contributed by atoms with van der Waals surface area (Å²) >= 11 is 5.81. The van der Waals surface area contributed by atoms with E-state index in [1.165, 1.54) is 0 Å². The molecule has 0 radical (unpaired) electrons. The number of rotatable bonds is 3. The predicted octanol–water partition coefficient (Wildman–Crippen LogP) is 3.39. The van der Waals surface area contributed by atoms with Crippen LogP contribution in [0.25, 0.3) is 11.3 Å². The van der Waals surface area contributed by atoms with Gasteiger partial charge in [0.05, 0.1) is 5.69 Å². The molecule has 6 heteroatoms. The van der Waals surface area contributed by atoms with Crippen LogP contribution in [0.5, 0.6) is 0 Å². The van der Waals surface area contributed by atoms with E-state index >= 15 is 0 Å². The van der Waals surface area contributed by atoms with Gasteiger partial charge in [-0.05, 0) is 41.9 Å². The Balaban J connectivity index is 1.86. The molecule has 0 aliphatic carbocycles. The van der Waals surface area contributed by atoms with Crippen molar-refractivity contribution in [1.82, 2.24) is 14.5 Å². The molecule has 0 saturated carbocycles. The Kier molecular flexibility index (Phi) is 3.89. The second-order valence-electron chi connectivity index (χ2n) is 4.75. The Bertz CT molecular complexity index is 828. The monoisotopic (exact) mass is 312 g/mol. The maximum Gasteiger partial charge on any atom is 0.272 e. The molecule has 0 spiro atoms. The van der Waals surface area contributed by atoms with Crippen molar-refractivity contribution in [3.8, 4) is 11.3 Å². The molecule has 22 heavy (non-hydrogen) atoms. The van der Waals surface area contributed by atoms with E-state index < -0.39 is 0 Å². The Morgan fingerprint density at radius 1 is 1.23 bits per heavy atom. The molecule has 1 N–H and O–H groups in total. The van der Waals surface area contributed by atoms with E-state index in [0.29, 0.717) is 17.1 Å². The van der Waals surface area contributed by atoms with Crippen molar-refractivity contribution >= 4 is 23.2 Å². The quantitative estimate of drug-likeness (QED) is 0.754. The van der Waals surface area contributed by atoms with Gasteiger partial charge >= 0.3 is 0 Å². The highest BCUT2D eigenvalue weighted by molar-refractivity contribution is 6.28. The van der Waals surface area contributed by atoms with Gasteiger partial charge in [0.1, 0.15) is 5.69 Å². The van der Waals surface area contributed by atoms with Gasteiger partial charge in [-0.1, -0.05) is 12.1 Å². The standard InChI is InChI=1S/C16H13ClN4O/c1-21-9-3-6-14(21)15(22)19-12-5-2-4-11(10-12)13-7-8-18-16(17)20-13/h2-10H,1H3,(H,19,22). The van der Waals surface area contributed by atoms with Gasteiger partial charge in [0.25, 0.3) is 5.91 Å². The minimum Gasteiger partial charge on any atom is -0.347 e. The third-order valence-corrected chi connectivity index (χ3v) is 3.40. The van der Waals surface area contributed by atoms with Crippen LogP contribution in [0.15, 0.2) is 54.9 Å². The summed E-state index contributed by atoms with van der Waals surface area (Å²) < 4.78 is 1.77. The Labute approximate surface area is 132 Å². The van der Waals surface area contributed by atoms with Crippen LogP contribution in [0.4, 0.5) is 5.69 Å². The van der Waals surface area contributed by atoms with Gasteiger partial charge in [-0.2, -0.15) is 0 Å². The van der Waals surface area contributed by atoms with Gasteiger partial charge in [0.15, 0.2) is 0 Å². The summed E-state index contributed by atoms with van der Waals surface area (Å²) in [6.07, 6.45) is 3.42. The van der Waals surface area contributed by atoms with Gasteiger partial charge in [-0.3, -0.25) is 4.79 Å². The molecule has 5 nitrogen and oxygen atoms in total. The first-order valence-corrected chi connectivity index (χ1v) is 7.03. The molecule has 0 unspecified atom stereocenters. The lowest BCUT2D eigenvalue weighted by Gasteiger charge is -2.08. The van der Waals surface area contributed by atoms with E-state index in [9.17, 15) is 4.79 Å². The number of halogens is 1. The third-order valence-electron chi connectivity index (χ3n) is 3.22. The van der Waals surface area contributed by atoms with Crippen LogP contribution in [-0.4, -0.2) is 20.4 Å². The zero-order chi connectivity index (χ0) is 15.5. The fourth-order valence-electron chi connectivity index (χ4n) is 2.14. The summed E-state index contributed by atoms with van der Waals surface area (Å²) in [6.45, 7) is 0. The van der Waals surface area contributed by atoms with Gasteiger partial charge < -0.3 is 9.88 Å². The highest BCUT2D eigenvalue weighted by Gasteiger charge is 2.10. The number of benzene rings is 1. The molecule has 1 amide bonds. The molecule has 3 aromatic rings. The van der Waals surface area contributed by atoms with Crippen molar-refractivity contribution in [1.29, 1.82) is 0 Å². The maximum absolute atomic E-state index is 12.2. The molecular weight excluding hydrogens is 300 g/mol. The summed E-state index contributed by atoms with van der Waals surface area (Å²) in [5, 5.41) is 3.06. The largest absolute Gasteiger partial charge is 0.347 e. The molecule has 3 rings (SSSR count). The molecule has 0 saturated heterocycles. The van der Waals surface area contributed by atoms with Crippen molar-refractivity contribution < 1.29 is 4.79 Å². The molecule has 0 bridgehead atoms. The van der Waals surface area contributed by atoms with Crippen molar-refractivity contribution in [2.45, 2.75) is 0 Å². The van der Waals surface area contributed by atoms with Crippen LogP contribution in [0.1, 0.15) is 10.5 Å².